The number of benzene rings is 3. The SMILES string of the molecule is CC(C1=CC=CC1c1ccccc1P(c1ccccc1)c1ccccc1)P(C1CCCCC1)C1CCCCC1. The molecule has 0 aromatic heterocycles. The van der Waals surface area contributed by atoms with Gasteiger partial charge in [0, 0.05) is 5.92 Å². The van der Waals surface area contributed by atoms with E-state index in [1.807, 2.05) is 0 Å². The zero-order valence-electron chi connectivity index (χ0n) is 23.6. The molecule has 2 heteroatoms. The molecule has 6 rings (SSSR count). The highest BCUT2D eigenvalue weighted by Gasteiger charge is 2.38. The third-order valence-electron chi connectivity index (χ3n) is 9.42. The van der Waals surface area contributed by atoms with E-state index in [-0.39, 0.29) is 7.92 Å². The summed E-state index contributed by atoms with van der Waals surface area (Å²) >= 11 is 0. The minimum Gasteiger partial charge on any atom is -0.0932 e. The molecule has 0 heterocycles. The topological polar surface area (TPSA) is 0 Å². The third kappa shape index (κ3) is 6.04. The lowest BCUT2D eigenvalue weighted by Crippen LogP contribution is -2.29. The predicted molar refractivity (Wildman–Crippen MR) is 175 cm³/mol. The minimum atomic E-state index is -0.617. The summed E-state index contributed by atoms with van der Waals surface area (Å²) in [6.45, 7) is 2.64. The molecule has 2 atom stereocenters. The van der Waals surface area contributed by atoms with Crippen LogP contribution in [0.3, 0.4) is 0 Å². The summed E-state index contributed by atoms with van der Waals surface area (Å²) in [4.78, 5) is 0. The summed E-state index contributed by atoms with van der Waals surface area (Å²) in [6, 6.07) is 31.9. The Morgan fingerprint density at radius 2 is 1.13 bits per heavy atom. The van der Waals surface area contributed by atoms with Crippen molar-refractivity contribution in [3.05, 3.63) is 114 Å². The fourth-order valence-corrected chi connectivity index (χ4v) is 14.4. The molecule has 0 aliphatic heterocycles. The van der Waals surface area contributed by atoms with Crippen molar-refractivity contribution in [2.75, 3.05) is 0 Å². The second-order valence-electron chi connectivity index (χ2n) is 11.8. The summed E-state index contributed by atoms with van der Waals surface area (Å²) in [7, 11) is -0.618. The van der Waals surface area contributed by atoms with Gasteiger partial charge in [0.2, 0.25) is 0 Å². The summed E-state index contributed by atoms with van der Waals surface area (Å²) in [6.07, 6.45) is 22.2. The first kappa shape index (κ1) is 27.2. The van der Waals surface area contributed by atoms with Gasteiger partial charge >= 0.3 is 0 Å². The Kier molecular flexibility index (Phi) is 9.14. The monoisotopic (exact) mass is 550 g/mol. The molecule has 39 heavy (non-hydrogen) atoms. The van der Waals surface area contributed by atoms with Crippen LogP contribution >= 0.6 is 15.8 Å². The van der Waals surface area contributed by atoms with E-state index in [0.717, 1.165) is 11.3 Å². The minimum absolute atomic E-state index is 0.00183. The number of hydrogen-bond donors (Lipinski definition) is 0. The van der Waals surface area contributed by atoms with Crippen LogP contribution in [0.15, 0.2) is 109 Å². The van der Waals surface area contributed by atoms with Crippen LogP contribution in [-0.4, -0.2) is 17.0 Å². The maximum atomic E-state index is 2.64. The highest BCUT2D eigenvalue weighted by Crippen LogP contribution is 2.62. The van der Waals surface area contributed by atoms with Crippen LogP contribution < -0.4 is 15.9 Å². The maximum Gasteiger partial charge on any atom is 0.0247 e. The predicted octanol–water partition coefficient (Wildman–Crippen LogP) is 9.56. The number of allylic oxidation sites excluding steroid dienone is 4. The number of hydrogen-bond acceptors (Lipinski definition) is 0. The van der Waals surface area contributed by atoms with Crippen LogP contribution in [0.2, 0.25) is 0 Å². The molecule has 202 valence electrons. The molecule has 3 aromatic rings. The van der Waals surface area contributed by atoms with Crippen LogP contribution in [0, 0.1) is 0 Å². The average molecular weight is 551 g/mol. The lowest BCUT2D eigenvalue weighted by atomic mass is 9.92. The Hall–Kier alpha value is -2.00. The Labute approximate surface area is 239 Å². The van der Waals surface area contributed by atoms with E-state index in [2.05, 4.69) is 110 Å². The van der Waals surface area contributed by atoms with Gasteiger partial charge in [0.15, 0.2) is 0 Å². The second kappa shape index (κ2) is 13.1. The van der Waals surface area contributed by atoms with Gasteiger partial charge in [-0.2, -0.15) is 0 Å². The van der Waals surface area contributed by atoms with Gasteiger partial charge < -0.3 is 0 Å². The maximum absolute atomic E-state index is 2.64. The van der Waals surface area contributed by atoms with E-state index in [1.165, 1.54) is 85.7 Å². The fraction of sp³-hybridized carbons (Fsp3) is 0.405. The standard InChI is InChI=1S/C37H44P2/c1-29(38(30-17-6-2-7-18-30)31-19-8-3-9-20-31)34-26-16-27-35(34)36-25-14-15-28-37(36)39(32-21-10-4-11-22-32)33-23-12-5-13-24-33/h4-5,10-16,21-31,35H,2-3,6-9,17-20H2,1H3. The molecule has 0 amide bonds. The first-order valence-electron chi connectivity index (χ1n) is 15.5. The fourth-order valence-electron chi connectivity index (χ4n) is 7.57. The Morgan fingerprint density at radius 3 is 1.69 bits per heavy atom. The highest BCUT2D eigenvalue weighted by molar-refractivity contribution is 7.79. The molecule has 0 radical (unpaired) electrons. The third-order valence-corrected chi connectivity index (χ3v) is 15.8. The van der Waals surface area contributed by atoms with Gasteiger partial charge in [-0.05, 0) is 72.1 Å². The zero-order chi connectivity index (χ0) is 26.4. The van der Waals surface area contributed by atoms with E-state index in [4.69, 9.17) is 0 Å². The van der Waals surface area contributed by atoms with Crippen molar-refractivity contribution in [1.82, 2.24) is 0 Å². The van der Waals surface area contributed by atoms with E-state index in [0.29, 0.717) is 11.6 Å². The van der Waals surface area contributed by atoms with Crippen molar-refractivity contribution >= 4 is 31.8 Å². The van der Waals surface area contributed by atoms with Gasteiger partial charge in [-0.1, -0.05) is 162 Å². The van der Waals surface area contributed by atoms with Crippen LogP contribution in [-0.2, 0) is 0 Å². The van der Waals surface area contributed by atoms with Crippen LogP contribution in [0.1, 0.15) is 82.6 Å². The van der Waals surface area contributed by atoms with E-state index in [9.17, 15) is 0 Å². The highest BCUT2D eigenvalue weighted by atomic mass is 31.1. The summed E-state index contributed by atoms with van der Waals surface area (Å²) < 4.78 is 0. The molecule has 3 aliphatic carbocycles. The molecule has 0 bridgehead atoms. The van der Waals surface area contributed by atoms with E-state index in [1.54, 1.807) is 5.57 Å². The van der Waals surface area contributed by atoms with E-state index < -0.39 is 7.92 Å². The van der Waals surface area contributed by atoms with Gasteiger partial charge in [-0.15, -0.1) is 0 Å². The van der Waals surface area contributed by atoms with Crippen LogP contribution in [0.4, 0.5) is 0 Å². The van der Waals surface area contributed by atoms with Crippen molar-refractivity contribution in [2.45, 2.75) is 94.0 Å². The molecule has 2 unspecified atom stereocenters. The van der Waals surface area contributed by atoms with E-state index >= 15 is 0 Å². The molecule has 0 N–H and O–H groups in total. The molecular weight excluding hydrogens is 506 g/mol. The Bertz CT molecular complexity index is 1190. The molecular formula is C37H44P2. The second-order valence-corrected chi connectivity index (χ2v) is 17.1. The normalized spacial score (nSPS) is 21.4. The summed E-state index contributed by atoms with van der Waals surface area (Å²) in [5.41, 5.74) is 5.91. The van der Waals surface area contributed by atoms with Crippen LogP contribution in [0.5, 0.6) is 0 Å². The largest absolute Gasteiger partial charge is 0.0932 e. The smallest absolute Gasteiger partial charge is 0.0247 e. The van der Waals surface area contributed by atoms with Crippen molar-refractivity contribution < 1.29 is 0 Å². The van der Waals surface area contributed by atoms with Gasteiger partial charge in [0.1, 0.15) is 0 Å². The van der Waals surface area contributed by atoms with Gasteiger partial charge in [0.05, 0.1) is 0 Å². The molecule has 2 saturated carbocycles. The molecule has 0 spiro atoms. The summed E-state index contributed by atoms with van der Waals surface area (Å²) in [5.74, 6) is 0.408. The zero-order valence-corrected chi connectivity index (χ0v) is 25.4. The molecule has 2 fully saturated rings. The lowest BCUT2D eigenvalue weighted by Gasteiger charge is -2.43. The van der Waals surface area contributed by atoms with Crippen molar-refractivity contribution in [3.63, 3.8) is 0 Å². The summed E-state index contributed by atoms with van der Waals surface area (Å²) in [5, 5.41) is 4.41. The first-order chi connectivity index (χ1) is 19.3. The molecule has 0 saturated heterocycles. The number of rotatable bonds is 8. The van der Waals surface area contributed by atoms with Crippen molar-refractivity contribution in [1.29, 1.82) is 0 Å². The van der Waals surface area contributed by atoms with Gasteiger partial charge in [-0.25, -0.2) is 0 Å². The van der Waals surface area contributed by atoms with Gasteiger partial charge in [0.25, 0.3) is 0 Å². The quantitative estimate of drug-likeness (QED) is 0.245. The van der Waals surface area contributed by atoms with Crippen molar-refractivity contribution in [2.24, 2.45) is 0 Å². The van der Waals surface area contributed by atoms with Gasteiger partial charge in [-0.3, -0.25) is 0 Å². The Balaban J connectivity index is 1.37. The van der Waals surface area contributed by atoms with Crippen molar-refractivity contribution in [3.8, 4) is 0 Å². The molecule has 3 aliphatic rings. The Morgan fingerprint density at radius 1 is 0.615 bits per heavy atom. The average Bonchev–Trinajstić information content (AvgIpc) is 3.50. The lowest BCUT2D eigenvalue weighted by molar-refractivity contribution is 0.482. The molecule has 0 nitrogen and oxygen atoms in total. The first-order valence-corrected chi connectivity index (χ1v) is 18.4. The van der Waals surface area contributed by atoms with Crippen LogP contribution in [0.25, 0.3) is 0 Å². The molecule has 3 aromatic carbocycles.